The molecule has 1 amide bonds. The lowest BCUT2D eigenvalue weighted by atomic mass is 10.1. The zero-order valence-electron chi connectivity index (χ0n) is 20.4. The molecule has 184 valence electrons. The molecule has 0 bridgehead atoms. The third-order valence-corrected chi connectivity index (χ3v) is 8.97. The van der Waals surface area contributed by atoms with Crippen LogP contribution in [0.15, 0.2) is 47.4 Å². The normalized spacial score (nSPS) is 19.3. The molecule has 0 saturated carbocycles. The van der Waals surface area contributed by atoms with Gasteiger partial charge < -0.3 is 14.5 Å². The van der Waals surface area contributed by atoms with E-state index in [2.05, 4.69) is 17.0 Å². The van der Waals surface area contributed by atoms with Gasteiger partial charge in [0.15, 0.2) is 0 Å². The van der Waals surface area contributed by atoms with Gasteiger partial charge in [0.1, 0.15) is 10.6 Å². The fourth-order valence-electron chi connectivity index (χ4n) is 5.03. The highest BCUT2D eigenvalue weighted by atomic mass is 32.2. The average molecular weight is 486 g/mol. The van der Waals surface area contributed by atoms with Crippen molar-refractivity contribution < 1.29 is 17.9 Å². The number of para-hydroxylation sites is 1. The van der Waals surface area contributed by atoms with Crippen molar-refractivity contribution in [3.05, 3.63) is 53.6 Å². The molecular formula is C26H35N3O4S. The summed E-state index contributed by atoms with van der Waals surface area (Å²) in [6.45, 7) is 4.93. The van der Waals surface area contributed by atoms with Crippen molar-refractivity contribution in [3.63, 3.8) is 0 Å². The first-order chi connectivity index (χ1) is 16.3. The molecule has 0 spiro atoms. The van der Waals surface area contributed by atoms with Crippen molar-refractivity contribution in [2.45, 2.75) is 56.5 Å². The maximum atomic E-state index is 13.5. The standard InChI is InChI=1S/C26H35N3O4S/c1-20-10-6-7-17-29(20)34(31,32)25-18-21(13-14-24(25)33-3)26(30)27(2)19-22-11-4-5-12-23(22)28-15-8-9-16-28/h4-5,11-14,18,20H,6-10,15-17,19H2,1-3H3/t20-/m0/s1. The largest absolute Gasteiger partial charge is 0.495 e. The van der Waals surface area contributed by atoms with Crippen LogP contribution in [0.5, 0.6) is 5.75 Å². The maximum Gasteiger partial charge on any atom is 0.253 e. The van der Waals surface area contributed by atoms with Gasteiger partial charge in [0.05, 0.1) is 7.11 Å². The van der Waals surface area contributed by atoms with Crippen molar-refractivity contribution in [2.75, 3.05) is 38.7 Å². The molecule has 2 aromatic carbocycles. The molecule has 2 fully saturated rings. The number of hydrogen-bond donors (Lipinski definition) is 0. The third kappa shape index (κ3) is 4.93. The van der Waals surface area contributed by atoms with E-state index in [0.29, 0.717) is 18.7 Å². The SMILES string of the molecule is COc1ccc(C(=O)N(C)Cc2ccccc2N2CCCC2)cc1S(=O)(=O)N1CCCC[C@@H]1C. The lowest BCUT2D eigenvalue weighted by Gasteiger charge is -2.32. The molecule has 34 heavy (non-hydrogen) atoms. The van der Waals surface area contributed by atoms with Gasteiger partial charge in [0, 0.05) is 50.5 Å². The van der Waals surface area contributed by atoms with E-state index in [1.165, 1.54) is 26.0 Å². The number of methoxy groups -OCH3 is 1. The lowest BCUT2D eigenvalue weighted by molar-refractivity contribution is 0.0785. The molecule has 0 unspecified atom stereocenters. The number of carbonyl (C=O) groups is 1. The zero-order chi connectivity index (χ0) is 24.3. The summed E-state index contributed by atoms with van der Waals surface area (Å²) in [5.41, 5.74) is 2.59. The van der Waals surface area contributed by atoms with E-state index in [1.807, 2.05) is 19.1 Å². The molecule has 1 atom stereocenters. The summed E-state index contributed by atoms with van der Waals surface area (Å²) < 4.78 is 34.0. The molecule has 7 nitrogen and oxygen atoms in total. The lowest BCUT2D eigenvalue weighted by Crippen LogP contribution is -2.42. The Balaban J connectivity index is 1.60. The van der Waals surface area contributed by atoms with Crippen LogP contribution in [0.3, 0.4) is 0 Å². The highest BCUT2D eigenvalue weighted by Gasteiger charge is 2.34. The molecule has 2 saturated heterocycles. The van der Waals surface area contributed by atoms with Gasteiger partial charge in [-0.15, -0.1) is 0 Å². The van der Waals surface area contributed by atoms with E-state index < -0.39 is 10.0 Å². The van der Waals surface area contributed by atoms with Crippen LogP contribution in [0.1, 0.15) is 54.9 Å². The molecule has 0 radical (unpaired) electrons. The Morgan fingerprint density at radius 2 is 1.76 bits per heavy atom. The van der Waals surface area contributed by atoms with Crippen LogP contribution in [-0.4, -0.2) is 63.4 Å². The molecule has 8 heteroatoms. The van der Waals surface area contributed by atoms with Gasteiger partial charge >= 0.3 is 0 Å². The Hall–Kier alpha value is -2.58. The van der Waals surface area contributed by atoms with Gasteiger partial charge in [-0.25, -0.2) is 8.42 Å². The van der Waals surface area contributed by atoms with E-state index in [-0.39, 0.29) is 22.6 Å². The number of rotatable bonds is 7. The molecular weight excluding hydrogens is 450 g/mol. The van der Waals surface area contributed by atoms with Crippen LogP contribution >= 0.6 is 0 Å². The average Bonchev–Trinajstić information content (AvgIpc) is 3.38. The number of nitrogens with zero attached hydrogens (tertiary/aromatic N) is 3. The number of ether oxygens (including phenoxy) is 1. The molecule has 0 aromatic heterocycles. The fourth-order valence-corrected chi connectivity index (χ4v) is 6.91. The van der Waals surface area contributed by atoms with Crippen LogP contribution in [0.25, 0.3) is 0 Å². The van der Waals surface area contributed by atoms with E-state index in [1.54, 1.807) is 28.4 Å². The van der Waals surface area contributed by atoms with Crippen molar-refractivity contribution in [3.8, 4) is 5.75 Å². The van der Waals surface area contributed by atoms with E-state index in [4.69, 9.17) is 4.74 Å². The summed E-state index contributed by atoms with van der Waals surface area (Å²) in [6.07, 6.45) is 5.05. The number of piperidine rings is 1. The molecule has 2 aliphatic heterocycles. The second kappa shape index (κ2) is 10.4. The summed E-state index contributed by atoms with van der Waals surface area (Å²) in [7, 11) is -0.568. The molecule has 0 N–H and O–H groups in total. The number of anilines is 1. The van der Waals surface area contributed by atoms with Crippen molar-refractivity contribution in [1.82, 2.24) is 9.21 Å². The minimum Gasteiger partial charge on any atom is -0.495 e. The Bertz CT molecular complexity index is 1130. The van der Waals surface area contributed by atoms with E-state index in [0.717, 1.165) is 43.6 Å². The van der Waals surface area contributed by atoms with Crippen LogP contribution in [0.4, 0.5) is 5.69 Å². The highest BCUT2D eigenvalue weighted by Crippen LogP contribution is 2.32. The van der Waals surface area contributed by atoms with Gasteiger partial charge in [-0.05, 0) is 62.4 Å². The second-order valence-electron chi connectivity index (χ2n) is 9.31. The number of benzene rings is 2. The first-order valence-corrected chi connectivity index (χ1v) is 13.5. The monoisotopic (exact) mass is 485 g/mol. The second-order valence-corrected chi connectivity index (χ2v) is 11.2. The van der Waals surface area contributed by atoms with Crippen molar-refractivity contribution in [1.29, 1.82) is 0 Å². The summed E-state index contributed by atoms with van der Waals surface area (Å²) in [6, 6.07) is 12.8. The number of carbonyl (C=O) groups excluding carboxylic acids is 1. The van der Waals surface area contributed by atoms with Gasteiger partial charge in [0.25, 0.3) is 5.91 Å². The zero-order valence-corrected chi connectivity index (χ0v) is 21.2. The van der Waals surface area contributed by atoms with E-state index >= 15 is 0 Å². The minimum atomic E-state index is -3.78. The molecule has 4 rings (SSSR count). The summed E-state index contributed by atoms with van der Waals surface area (Å²) in [5.74, 6) is 0.0402. The van der Waals surface area contributed by atoms with Crippen LogP contribution in [-0.2, 0) is 16.6 Å². The first kappa shape index (κ1) is 24.5. The van der Waals surface area contributed by atoms with Crippen LogP contribution in [0, 0.1) is 0 Å². The van der Waals surface area contributed by atoms with Gasteiger partial charge in [-0.3, -0.25) is 4.79 Å². The molecule has 2 heterocycles. The van der Waals surface area contributed by atoms with Crippen molar-refractivity contribution in [2.24, 2.45) is 0 Å². The fraction of sp³-hybridized carbons (Fsp3) is 0.500. The predicted molar refractivity (Wildman–Crippen MR) is 134 cm³/mol. The van der Waals surface area contributed by atoms with Gasteiger partial charge in [-0.1, -0.05) is 24.6 Å². The smallest absolute Gasteiger partial charge is 0.253 e. The predicted octanol–water partition coefficient (Wildman–Crippen LogP) is 4.13. The van der Waals surface area contributed by atoms with E-state index in [9.17, 15) is 13.2 Å². The Morgan fingerprint density at radius 3 is 2.47 bits per heavy atom. The minimum absolute atomic E-state index is 0.0560. The molecule has 2 aliphatic rings. The Kier molecular flexibility index (Phi) is 7.48. The first-order valence-electron chi connectivity index (χ1n) is 12.1. The van der Waals surface area contributed by atoms with Crippen molar-refractivity contribution >= 4 is 21.6 Å². The van der Waals surface area contributed by atoms with Gasteiger partial charge in [-0.2, -0.15) is 4.31 Å². The number of sulfonamides is 1. The summed E-state index contributed by atoms with van der Waals surface area (Å²) in [5, 5.41) is 0. The maximum absolute atomic E-state index is 13.5. The quantitative estimate of drug-likeness (QED) is 0.590. The Morgan fingerprint density at radius 1 is 1.06 bits per heavy atom. The molecule has 2 aromatic rings. The van der Waals surface area contributed by atoms with Crippen LogP contribution in [0.2, 0.25) is 0 Å². The van der Waals surface area contributed by atoms with Gasteiger partial charge in [0.2, 0.25) is 10.0 Å². The highest BCUT2D eigenvalue weighted by molar-refractivity contribution is 7.89. The topological polar surface area (TPSA) is 70.2 Å². The Labute approximate surface area is 203 Å². The number of amides is 1. The third-order valence-electron chi connectivity index (χ3n) is 6.93. The summed E-state index contributed by atoms with van der Waals surface area (Å²) in [4.78, 5) is 17.4. The summed E-state index contributed by atoms with van der Waals surface area (Å²) >= 11 is 0. The molecule has 0 aliphatic carbocycles. The van der Waals surface area contributed by atoms with Crippen LogP contribution < -0.4 is 9.64 Å². The number of hydrogen-bond acceptors (Lipinski definition) is 5.